The van der Waals surface area contributed by atoms with Crippen LogP contribution in [0.2, 0.25) is 0 Å². The Morgan fingerprint density at radius 2 is 1.42 bits per heavy atom. The number of phenols is 1. The van der Waals surface area contributed by atoms with Gasteiger partial charge in [-0.05, 0) is 12.1 Å². The summed E-state index contributed by atoms with van der Waals surface area (Å²) < 4.78 is 29.4. The van der Waals surface area contributed by atoms with Crippen molar-refractivity contribution in [3.05, 3.63) is 24.3 Å². The van der Waals surface area contributed by atoms with Gasteiger partial charge in [0.2, 0.25) is 0 Å². The van der Waals surface area contributed by atoms with E-state index in [-0.39, 0.29) is 0 Å². The normalized spacial score (nSPS) is 10.7. The molecule has 2 N–H and O–H groups in total. The molecule has 0 saturated carbocycles. The van der Waals surface area contributed by atoms with E-state index in [9.17, 15) is 8.42 Å². The Balaban J connectivity index is 0.000000362. The lowest BCUT2D eigenvalue weighted by Gasteiger charge is -1.97. The van der Waals surface area contributed by atoms with Crippen molar-refractivity contribution in [1.29, 1.82) is 0 Å². The van der Waals surface area contributed by atoms with Gasteiger partial charge in [0.1, 0.15) is 10.6 Å². The van der Waals surface area contributed by atoms with Gasteiger partial charge in [0.25, 0.3) is 10.1 Å². The topological polar surface area (TPSA) is 74.6 Å². The maximum absolute atomic E-state index is 10.4. The number of rotatable bonds is 6. The van der Waals surface area contributed by atoms with E-state index in [2.05, 4.69) is 13.8 Å². The first kappa shape index (κ1) is 17.9. The number of para-hydroxylation sites is 1. The third kappa shape index (κ3) is 8.61. The minimum Gasteiger partial charge on any atom is -0.506 e. The summed E-state index contributed by atoms with van der Waals surface area (Å²) in [5.41, 5.74) is 0. The summed E-state index contributed by atoms with van der Waals surface area (Å²) in [6.45, 7) is 4.51. The fourth-order valence-electron chi connectivity index (χ4n) is 1.53. The van der Waals surface area contributed by atoms with Gasteiger partial charge in [0, 0.05) is 0 Å². The average molecular weight is 288 g/mol. The van der Waals surface area contributed by atoms with E-state index in [4.69, 9.17) is 9.66 Å². The molecule has 4 nitrogen and oxygen atoms in total. The minimum atomic E-state index is -4.28. The molecule has 0 bridgehead atoms. The quantitative estimate of drug-likeness (QED) is 0.612. The molecule has 1 aromatic rings. The van der Waals surface area contributed by atoms with Gasteiger partial charge in [-0.3, -0.25) is 4.55 Å². The highest BCUT2D eigenvalue weighted by Gasteiger charge is 2.12. The van der Waals surface area contributed by atoms with Crippen molar-refractivity contribution in [3.63, 3.8) is 0 Å². The summed E-state index contributed by atoms with van der Waals surface area (Å²) in [4.78, 5) is -0.472. The molecule has 1 aromatic carbocycles. The largest absolute Gasteiger partial charge is 0.506 e. The standard InChI is InChI=1S/C8H18.C6H6O4S/c1-3-5-7-8-6-4-2;7-5-3-1-2-4-6(5)11(8,9)10/h3-8H2,1-2H3;1-4,7H,(H,8,9,10). The predicted molar refractivity (Wildman–Crippen MR) is 77.0 cm³/mol. The number of aromatic hydroxyl groups is 1. The third-order valence-electron chi connectivity index (χ3n) is 2.60. The molecule has 110 valence electrons. The van der Waals surface area contributed by atoms with E-state index in [1.807, 2.05) is 0 Å². The molecule has 0 radical (unpaired) electrons. The SMILES string of the molecule is CCCCCCCC.O=S(=O)(O)c1ccccc1O. The third-order valence-corrected chi connectivity index (χ3v) is 3.50. The Kier molecular flexibility index (Phi) is 9.26. The van der Waals surface area contributed by atoms with E-state index in [0.29, 0.717) is 0 Å². The number of hydrogen-bond acceptors (Lipinski definition) is 3. The van der Waals surface area contributed by atoms with E-state index < -0.39 is 20.8 Å². The minimum absolute atomic E-state index is 0.449. The summed E-state index contributed by atoms with van der Waals surface area (Å²) in [5.74, 6) is -0.449. The Labute approximate surface area is 116 Å². The van der Waals surface area contributed by atoms with Gasteiger partial charge in [0.15, 0.2) is 0 Å². The molecule has 0 spiro atoms. The second-order valence-electron chi connectivity index (χ2n) is 4.36. The summed E-state index contributed by atoms with van der Waals surface area (Å²) in [7, 11) is -4.28. The zero-order valence-corrected chi connectivity index (χ0v) is 12.5. The van der Waals surface area contributed by atoms with Crippen molar-refractivity contribution in [1.82, 2.24) is 0 Å². The van der Waals surface area contributed by atoms with Crippen molar-refractivity contribution in [3.8, 4) is 5.75 Å². The lowest BCUT2D eigenvalue weighted by atomic mass is 10.1. The molecule has 0 fully saturated rings. The molecule has 19 heavy (non-hydrogen) atoms. The van der Waals surface area contributed by atoms with Gasteiger partial charge in [-0.15, -0.1) is 0 Å². The monoisotopic (exact) mass is 288 g/mol. The lowest BCUT2D eigenvalue weighted by Crippen LogP contribution is -1.97. The van der Waals surface area contributed by atoms with Crippen LogP contribution in [0.3, 0.4) is 0 Å². The second kappa shape index (κ2) is 9.81. The molecule has 0 aliphatic heterocycles. The molecular weight excluding hydrogens is 264 g/mol. The first-order valence-electron chi connectivity index (χ1n) is 6.69. The number of unbranched alkanes of at least 4 members (excludes halogenated alkanes) is 5. The second-order valence-corrected chi connectivity index (χ2v) is 5.75. The van der Waals surface area contributed by atoms with Crippen molar-refractivity contribution in [2.75, 3.05) is 0 Å². The Morgan fingerprint density at radius 3 is 1.74 bits per heavy atom. The fraction of sp³-hybridized carbons (Fsp3) is 0.571. The highest BCUT2D eigenvalue weighted by molar-refractivity contribution is 7.86. The predicted octanol–water partition coefficient (Wildman–Crippen LogP) is 4.01. The average Bonchev–Trinajstić information content (AvgIpc) is 2.35. The van der Waals surface area contributed by atoms with Gasteiger partial charge in [-0.1, -0.05) is 64.5 Å². The number of benzene rings is 1. The van der Waals surface area contributed by atoms with Crippen LogP contribution in [0.1, 0.15) is 52.4 Å². The van der Waals surface area contributed by atoms with Crippen LogP contribution in [0.5, 0.6) is 5.75 Å². The summed E-state index contributed by atoms with van der Waals surface area (Å²) in [6, 6.07) is 5.17. The summed E-state index contributed by atoms with van der Waals surface area (Å²) >= 11 is 0. The lowest BCUT2D eigenvalue weighted by molar-refractivity contribution is 0.443. The van der Waals surface area contributed by atoms with Crippen molar-refractivity contribution >= 4 is 10.1 Å². The number of hydrogen-bond donors (Lipinski definition) is 2. The molecule has 0 unspecified atom stereocenters. The molecule has 0 saturated heterocycles. The van der Waals surface area contributed by atoms with Crippen molar-refractivity contribution in [2.45, 2.75) is 57.3 Å². The molecule has 0 aliphatic carbocycles. The molecule has 0 aromatic heterocycles. The Bertz CT molecular complexity index is 435. The number of phenolic OH excluding ortho intramolecular Hbond substituents is 1. The van der Waals surface area contributed by atoms with E-state index in [0.717, 1.165) is 6.07 Å². The molecule has 0 amide bonds. The van der Waals surface area contributed by atoms with Crippen molar-refractivity contribution in [2.24, 2.45) is 0 Å². The Morgan fingerprint density at radius 1 is 0.947 bits per heavy atom. The molecular formula is C14H24O4S. The maximum Gasteiger partial charge on any atom is 0.298 e. The molecule has 1 rings (SSSR count). The van der Waals surface area contributed by atoms with E-state index in [1.54, 1.807) is 0 Å². The first-order valence-corrected chi connectivity index (χ1v) is 8.13. The van der Waals surface area contributed by atoms with E-state index in [1.165, 1.54) is 56.7 Å². The summed E-state index contributed by atoms with van der Waals surface area (Å²) in [6.07, 6.45) is 8.49. The highest BCUT2D eigenvalue weighted by Crippen LogP contribution is 2.20. The van der Waals surface area contributed by atoms with Crippen LogP contribution in [0, 0.1) is 0 Å². The van der Waals surface area contributed by atoms with Crippen LogP contribution in [0.15, 0.2) is 29.2 Å². The van der Waals surface area contributed by atoms with Gasteiger partial charge in [-0.25, -0.2) is 0 Å². The molecule has 0 aliphatic rings. The van der Waals surface area contributed by atoms with Gasteiger partial charge >= 0.3 is 0 Å². The summed E-state index contributed by atoms with van der Waals surface area (Å²) in [5, 5.41) is 8.91. The van der Waals surface area contributed by atoms with Gasteiger partial charge in [0.05, 0.1) is 0 Å². The van der Waals surface area contributed by atoms with Crippen molar-refractivity contribution < 1.29 is 18.1 Å². The first-order chi connectivity index (χ1) is 8.93. The fourth-order valence-corrected chi connectivity index (χ4v) is 2.11. The maximum atomic E-state index is 10.4. The van der Waals surface area contributed by atoms with Crippen LogP contribution in [0.4, 0.5) is 0 Å². The Hall–Kier alpha value is -1.07. The van der Waals surface area contributed by atoms with Crippen LogP contribution < -0.4 is 0 Å². The molecule has 0 atom stereocenters. The zero-order valence-electron chi connectivity index (χ0n) is 11.7. The molecule has 5 heteroatoms. The van der Waals surface area contributed by atoms with E-state index >= 15 is 0 Å². The van der Waals surface area contributed by atoms with Gasteiger partial charge in [-0.2, -0.15) is 8.42 Å². The zero-order chi connectivity index (χ0) is 14.7. The van der Waals surface area contributed by atoms with Crippen LogP contribution in [-0.4, -0.2) is 18.1 Å². The van der Waals surface area contributed by atoms with Crippen LogP contribution >= 0.6 is 0 Å². The highest BCUT2D eigenvalue weighted by atomic mass is 32.2. The molecule has 0 heterocycles. The van der Waals surface area contributed by atoms with Crippen LogP contribution in [0.25, 0.3) is 0 Å². The van der Waals surface area contributed by atoms with Gasteiger partial charge < -0.3 is 5.11 Å². The smallest absolute Gasteiger partial charge is 0.298 e. The van der Waals surface area contributed by atoms with Crippen LogP contribution in [-0.2, 0) is 10.1 Å².